The molecule has 2 fully saturated rings. The number of hydrogen-bond donors (Lipinski definition) is 0. The highest BCUT2D eigenvalue weighted by molar-refractivity contribution is 5.24. The summed E-state index contributed by atoms with van der Waals surface area (Å²) in [5.41, 5.74) is 0.587. The Bertz CT molecular complexity index is 660. The minimum atomic E-state index is -1.37. The fourth-order valence-corrected chi connectivity index (χ4v) is 4.90. The van der Waals surface area contributed by atoms with Crippen molar-refractivity contribution < 1.29 is 13.2 Å². The Labute approximate surface area is 168 Å². The fraction of sp³-hybridized carbons (Fsp3) is 0.680. The molecule has 2 aliphatic rings. The van der Waals surface area contributed by atoms with E-state index < -0.39 is 17.5 Å². The van der Waals surface area contributed by atoms with Crippen molar-refractivity contribution in [3.05, 3.63) is 35.1 Å². The maximum absolute atomic E-state index is 13.5. The van der Waals surface area contributed by atoms with Gasteiger partial charge < -0.3 is 0 Å². The summed E-state index contributed by atoms with van der Waals surface area (Å²) in [7, 11) is 0. The molecule has 1 aromatic carbocycles. The van der Waals surface area contributed by atoms with Crippen molar-refractivity contribution in [2.45, 2.75) is 89.9 Å². The molecule has 28 heavy (non-hydrogen) atoms. The topological polar surface area (TPSA) is 0 Å². The maximum atomic E-state index is 13.5. The lowest BCUT2D eigenvalue weighted by Gasteiger charge is -2.27. The Morgan fingerprint density at radius 1 is 0.786 bits per heavy atom. The smallest absolute Gasteiger partial charge is 0.194 e. The zero-order valence-electron chi connectivity index (χ0n) is 17.1. The third kappa shape index (κ3) is 5.79. The van der Waals surface area contributed by atoms with Gasteiger partial charge in [-0.15, -0.1) is 0 Å². The predicted octanol–water partition coefficient (Wildman–Crippen LogP) is 7.77. The van der Waals surface area contributed by atoms with Gasteiger partial charge >= 0.3 is 0 Å². The summed E-state index contributed by atoms with van der Waals surface area (Å²) >= 11 is 0. The molecule has 2 saturated carbocycles. The van der Waals surface area contributed by atoms with E-state index in [2.05, 4.69) is 18.8 Å². The van der Waals surface area contributed by atoms with Gasteiger partial charge in [-0.2, -0.15) is 0 Å². The van der Waals surface area contributed by atoms with Crippen LogP contribution in [0.3, 0.4) is 0 Å². The largest absolute Gasteiger partial charge is 0.204 e. The second-order valence-corrected chi connectivity index (χ2v) is 8.85. The maximum Gasteiger partial charge on any atom is 0.194 e. The molecule has 0 aromatic heterocycles. The van der Waals surface area contributed by atoms with E-state index in [1.807, 2.05) is 0 Å². The molecule has 154 valence electrons. The van der Waals surface area contributed by atoms with Crippen molar-refractivity contribution in [3.63, 3.8) is 0 Å². The van der Waals surface area contributed by atoms with Gasteiger partial charge in [-0.05, 0) is 80.9 Å². The lowest BCUT2D eigenvalue weighted by Crippen LogP contribution is -2.15. The summed E-state index contributed by atoms with van der Waals surface area (Å²) in [5, 5.41) is 0. The first-order valence-corrected chi connectivity index (χ1v) is 11.2. The van der Waals surface area contributed by atoms with Crippen LogP contribution in [0.5, 0.6) is 0 Å². The summed E-state index contributed by atoms with van der Waals surface area (Å²) in [5.74, 6) is 5.49. The molecular formula is C25H33F3. The van der Waals surface area contributed by atoms with Crippen LogP contribution in [-0.4, -0.2) is 0 Å². The molecule has 2 aliphatic carbocycles. The number of benzene rings is 1. The Morgan fingerprint density at radius 2 is 1.32 bits per heavy atom. The molecule has 1 aromatic rings. The Morgan fingerprint density at radius 3 is 1.86 bits per heavy atom. The van der Waals surface area contributed by atoms with Crippen molar-refractivity contribution in [2.24, 2.45) is 17.8 Å². The first kappa shape index (κ1) is 21.3. The Kier molecular flexibility index (Phi) is 7.89. The third-order valence-corrected chi connectivity index (χ3v) is 6.76. The first-order valence-electron chi connectivity index (χ1n) is 11.2. The van der Waals surface area contributed by atoms with E-state index in [-0.39, 0.29) is 5.92 Å². The monoisotopic (exact) mass is 390 g/mol. The van der Waals surface area contributed by atoms with Crippen LogP contribution >= 0.6 is 0 Å². The molecule has 0 aliphatic heterocycles. The highest BCUT2D eigenvalue weighted by Gasteiger charge is 2.24. The lowest BCUT2D eigenvalue weighted by molar-refractivity contribution is 0.294. The van der Waals surface area contributed by atoms with Gasteiger partial charge in [0.05, 0.1) is 0 Å². The molecule has 0 heterocycles. The van der Waals surface area contributed by atoms with Gasteiger partial charge in [-0.25, -0.2) is 13.2 Å². The van der Waals surface area contributed by atoms with Crippen molar-refractivity contribution in [3.8, 4) is 11.8 Å². The van der Waals surface area contributed by atoms with E-state index in [0.29, 0.717) is 17.4 Å². The van der Waals surface area contributed by atoms with Crippen LogP contribution < -0.4 is 0 Å². The van der Waals surface area contributed by atoms with Crippen molar-refractivity contribution in [1.29, 1.82) is 0 Å². The number of unbranched alkanes of at least 4 members (excludes halogenated alkanes) is 2. The van der Waals surface area contributed by atoms with Gasteiger partial charge in [-0.3, -0.25) is 0 Å². The molecule has 0 bridgehead atoms. The van der Waals surface area contributed by atoms with E-state index in [1.54, 1.807) is 0 Å². The molecule has 0 radical (unpaired) electrons. The summed E-state index contributed by atoms with van der Waals surface area (Å²) in [4.78, 5) is 0. The van der Waals surface area contributed by atoms with Crippen LogP contribution in [0, 0.1) is 47.0 Å². The van der Waals surface area contributed by atoms with Crippen molar-refractivity contribution >= 4 is 0 Å². The van der Waals surface area contributed by atoms with Gasteiger partial charge in [0.2, 0.25) is 0 Å². The van der Waals surface area contributed by atoms with Crippen LogP contribution in [0.25, 0.3) is 0 Å². The number of hydrogen-bond acceptors (Lipinski definition) is 0. The molecule has 0 spiro atoms. The lowest BCUT2D eigenvalue weighted by atomic mass is 9.77. The van der Waals surface area contributed by atoms with Crippen LogP contribution in [-0.2, 0) is 0 Å². The standard InChI is InChI=1S/C25H33F3/c1-2-3-4-5-18-6-8-19(9-7-18)10-11-20-12-14-21(15-13-20)22-16-23(26)25(28)24(27)17-22/h16-21H,2-9,12-15H2,1H3. The van der Waals surface area contributed by atoms with Crippen LogP contribution in [0.1, 0.15) is 95.5 Å². The first-order chi connectivity index (χ1) is 13.6. The molecule has 3 rings (SSSR count). The van der Waals surface area contributed by atoms with E-state index in [1.165, 1.54) is 51.4 Å². The summed E-state index contributed by atoms with van der Waals surface area (Å²) in [6.45, 7) is 2.26. The highest BCUT2D eigenvalue weighted by atomic mass is 19.2. The molecule has 0 amide bonds. The molecule has 0 saturated heterocycles. The van der Waals surface area contributed by atoms with Crippen LogP contribution in [0.4, 0.5) is 13.2 Å². The average Bonchev–Trinajstić information content (AvgIpc) is 2.71. The predicted molar refractivity (Wildman–Crippen MR) is 108 cm³/mol. The SMILES string of the molecule is CCCCCC1CCC(C#CC2CCC(c3cc(F)c(F)c(F)c3)CC2)CC1. The fourth-order valence-electron chi connectivity index (χ4n) is 4.90. The Hall–Kier alpha value is -1.43. The molecule has 0 nitrogen and oxygen atoms in total. The normalized spacial score (nSPS) is 27.9. The molecular weight excluding hydrogens is 357 g/mol. The number of halogens is 3. The minimum absolute atomic E-state index is 0.112. The van der Waals surface area contributed by atoms with Gasteiger partial charge in [0.25, 0.3) is 0 Å². The van der Waals surface area contributed by atoms with E-state index in [9.17, 15) is 13.2 Å². The summed E-state index contributed by atoms with van der Waals surface area (Å²) in [6.07, 6.45) is 14.2. The van der Waals surface area contributed by atoms with Gasteiger partial charge in [0, 0.05) is 11.8 Å². The molecule has 3 heteroatoms. The van der Waals surface area contributed by atoms with Gasteiger partial charge in [0.1, 0.15) is 0 Å². The van der Waals surface area contributed by atoms with E-state index >= 15 is 0 Å². The summed E-state index contributed by atoms with van der Waals surface area (Å²) < 4.78 is 40.1. The van der Waals surface area contributed by atoms with Crippen molar-refractivity contribution in [1.82, 2.24) is 0 Å². The zero-order valence-corrected chi connectivity index (χ0v) is 17.1. The van der Waals surface area contributed by atoms with Crippen LogP contribution in [0.15, 0.2) is 12.1 Å². The van der Waals surface area contributed by atoms with E-state index in [0.717, 1.165) is 43.7 Å². The van der Waals surface area contributed by atoms with Gasteiger partial charge in [-0.1, -0.05) is 44.4 Å². The summed E-state index contributed by atoms with van der Waals surface area (Å²) in [6, 6.07) is 2.32. The second-order valence-electron chi connectivity index (χ2n) is 8.85. The van der Waals surface area contributed by atoms with Gasteiger partial charge in [0.15, 0.2) is 17.5 Å². The molecule has 0 unspecified atom stereocenters. The second kappa shape index (κ2) is 10.4. The van der Waals surface area contributed by atoms with Crippen LogP contribution in [0.2, 0.25) is 0 Å². The zero-order chi connectivity index (χ0) is 19.9. The number of rotatable bonds is 5. The van der Waals surface area contributed by atoms with Crippen molar-refractivity contribution in [2.75, 3.05) is 0 Å². The third-order valence-electron chi connectivity index (χ3n) is 6.76. The van der Waals surface area contributed by atoms with E-state index in [4.69, 9.17) is 0 Å². The molecule has 0 atom stereocenters. The highest BCUT2D eigenvalue weighted by Crippen LogP contribution is 2.37. The average molecular weight is 391 g/mol. The molecule has 0 N–H and O–H groups in total. The quantitative estimate of drug-likeness (QED) is 0.274. The minimum Gasteiger partial charge on any atom is -0.204 e. The Balaban J connectivity index is 1.43.